The molecule has 1 aliphatic heterocycles. The normalized spacial score (nSPS) is 15.6. The number of rotatable bonds is 9. The molecule has 36 heavy (non-hydrogen) atoms. The number of hydrogen-bond acceptors (Lipinski definition) is 7. The number of thioether (sulfide) groups is 1. The van der Waals surface area contributed by atoms with Gasteiger partial charge in [-0.1, -0.05) is 23.7 Å². The highest BCUT2D eigenvalue weighted by Gasteiger charge is 2.35. The molecule has 5 N–H and O–H groups in total. The molecule has 0 aromatic heterocycles. The molecule has 1 saturated heterocycles. The fourth-order valence-electron chi connectivity index (χ4n) is 3.25. The Morgan fingerprint density at radius 2 is 1.89 bits per heavy atom. The number of alkyl halides is 3. The molecule has 2 aromatic carbocycles. The maximum Gasteiger partial charge on any atom is 0.416 e. The van der Waals surface area contributed by atoms with E-state index in [2.05, 4.69) is 5.32 Å². The average molecular weight is 562 g/mol. The van der Waals surface area contributed by atoms with Gasteiger partial charge < -0.3 is 10.7 Å². The third-order valence-electron chi connectivity index (χ3n) is 4.89. The second-order valence-electron chi connectivity index (χ2n) is 7.42. The summed E-state index contributed by atoms with van der Waals surface area (Å²) in [7, 11) is -3.97. The average Bonchev–Trinajstić information content (AvgIpc) is 3.04. The van der Waals surface area contributed by atoms with Gasteiger partial charge in [0.25, 0.3) is 21.4 Å². The van der Waals surface area contributed by atoms with E-state index in [1.165, 1.54) is 30.3 Å². The van der Waals surface area contributed by atoms with Gasteiger partial charge in [0.15, 0.2) is 0 Å². The molecule has 1 fully saturated rings. The summed E-state index contributed by atoms with van der Waals surface area (Å²) in [5.74, 6) is -0.623. The van der Waals surface area contributed by atoms with Gasteiger partial charge in [0, 0.05) is 42.1 Å². The Balaban J connectivity index is 1.75. The van der Waals surface area contributed by atoms with Crippen molar-refractivity contribution in [2.75, 3.05) is 18.4 Å². The van der Waals surface area contributed by atoms with Crippen LogP contribution in [0.4, 0.5) is 23.7 Å². The summed E-state index contributed by atoms with van der Waals surface area (Å²) in [5, 5.41) is 14.7. The summed E-state index contributed by atoms with van der Waals surface area (Å²) in [6.45, 7) is -0.637. The number of nitrogens with one attached hydrogen (secondary N) is 3. The minimum absolute atomic E-state index is 0.0301. The summed E-state index contributed by atoms with van der Waals surface area (Å²) < 4.78 is 63.9. The lowest BCUT2D eigenvalue weighted by Crippen LogP contribution is -2.39. The fourth-order valence-corrected chi connectivity index (χ4v) is 4.67. The van der Waals surface area contributed by atoms with Crippen molar-refractivity contribution in [3.05, 3.63) is 68.6 Å². The number of carbonyl (C=O) groups excluding carboxylic acids is 2. The molecule has 2 aromatic rings. The lowest BCUT2D eigenvalue weighted by atomic mass is 10.1. The number of nitrogens with two attached hydrogens (primary N) is 1. The van der Waals surface area contributed by atoms with Crippen LogP contribution in [0.25, 0.3) is 6.08 Å². The van der Waals surface area contributed by atoms with Gasteiger partial charge in [0.1, 0.15) is 0 Å². The van der Waals surface area contributed by atoms with E-state index in [4.69, 9.17) is 22.1 Å². The Morgan fingerprint density at radius 3 is 2.53 bits per heavy atom. The van der Waals surface area contributed by atoms with E-state index in [9.17, 15) is 31.2 Å². The largest absolute Gasteiger partial charge is 0.416 e. The summed E-state index contributed by atoms with van der Waals surface area (Å²) in [4.78, 5) is 25.6. The number of amides is 2. The van der Waals surface area contributed by atoms with Crippen LogP contribution in [0.2, 0.25) is 5.02 Å². The number of hydrogen-bond donors (Lipinski definition) is 4. The molecule has 0 unspecified atom stereocenters. The van der Waals surface area contributed by atoms with Crippen molar-refractivity contribution in [1.82, 2.24) is 9.62 Å². The van der Waals surface area contributed by atoms with Gasteiger partial charge in [-0.25, -0.2) is 9.86 Å². The second-order valence-corrected chi connectivity index (χ2v) is 10.2. The minimum Gasteiger partial charge on any atom is -0.380 e. The van der Waals surface area contributed by atoms with Gasteiger partial charge in [-0.2, -0.15) is 21.6 Å². The molecule has 9 nitrogen and oxygen atoms in total. The second kappa shape index (κ2) is 11.0. The zero-order valence-corrected chi connectivity index (χ0v) is 20.6. The third-order valence-corrected chi connectivity index (χ3v) is 6.64. The Bertz CT molecular complexity index is 1350. The molecule has 0 atom stereocenters. The molecule has 0 bridgehead atoms. The van der Waals surface area contributed by atoms with Crippen LogP contribution in [0.1, 0.15) is 22.3 Å². The van der Waals surface area contributed by atoms with Crippen LogP contribution < -0.4 is 15.2 Å². The van der Waals surface area contributed by atoms with Gasteiger partial charge in [-0.3, -0.25) is 14.5 Å². The van der Waals surface area contributed by atoms with Crippen LogP contribution in [-0.2, 0) is 27.7 Å². The Morgan fingerprint density at radius 1 is 1.17 bits per heavy atom. The molecule has 0 aliphatic carbocycles. The first-order valence-electron chi connectivity index (χ1n) is 10.1. The smallest absolute Gasteiger partial charge is 0.380 e. The number of halogens is 4. The zero-order valence-electron chi connectivity index (χ0n) is 18.2. The predicted molar refractivity (Wildman–Crippen MR) is 132 cm³/mol. The predicted octanol–water partition coefficient (Wildman–Crippen LogP) is 3.80. The fraction of sp³-hybridized carbons (Fsp3) is 0.190. The van der Waals surface area contributed by atoms with Crippen LogP contribution in [-0.4, -0.2) is 43.8 Å². The first-order valence-corrected chi connectivity index (χ1v) is 12.8. The quantitative estimate of drug-likeness (QED) is 0.271. The number of anilines is 1. The SMILES string of the molecule is N=Cc1cc(/C=C2\SC(=O)N(CCNS(N)(=O)=O)C2=O)ccc1NCc1ccc(Cl)cc1C(F)(F)F. The zero-order chi connectivity index (χ0) is 26.7. The van der Waals surface area contributed by atoms with E-state index in [-0.39, 0.29) is 35.1 Å². The molecule has 0 saturated carbocycles. The molecule has 0 spiro atoms. The van der Waals surface area contributed by atoms with E-state index in [0.29, 0.717) is 28.6 Å². The number of carbonyl (C=O) groups is 2. The van der Waals surface area contributed by atoms with E-state index >= 15 is 0 Å². The monoisotopic (exact) mass is 561 g/mol. The van der Waals surface area contributed by atoms with E-state index in [1.54, 1.807) is 6.07 Å². The summed E-state index contributed by atoms with van der Waals surface area (Å²) in [6, 6.07) is 8.10. The van der Waals surface area contributed by atoms with Crippen molar-refractivity contribution in [3.63, 3.8) is 0 Å². The lowest BCUT2D eigenvalue weighted by molar-refractivity contribution is -0.138. The van der Waals surface area contributed by atoms with Crippen molar-refractivity contribution in [1.29, 1.82) is 5.41 Å². The highest BCUT2D eigenvalue weighted by molar-refractivity contribution is 8.18. The molecule has 192 valence electrons. The molecular formula is C21H19ClF3N5O4S2. The van der Waals surface area contributed by atoms with Crippen molar-refractivity contribution in [3.8, 4) is 0 Å². The van der Waals surface area contributed by atoms with Crippen LogP contribution >= 0.6 is 23.4 Å². The Hall–Kier alpha value is -2.91. The summed E-state index contributed by atoms with van der Waals surface area (Å²) in [5.41, 5.74) is 0.285. The van der Waals surface area contributed by atoms with Gasteiger partial charge >= 0.3 is 6.18 Å². The molecule has 3 rings (SSSR count). The van der Waals surface area contributed by atoms with E-state index < -0.39 is 33.1 Å². The molecule has 1 aliphatic rings. The van der Waals surface area contributed by atoms with Crippen LogP contribution in [0, 0.1) is 5.41 Å². The Labute approximate surface area is 213 Å². The molecule has 2 amide bonds. The first-order chi connectivity index (χ1) is 16.8. The summed E-state index contributed by atoms with van der Waals surface area (Å²) in [6.07, 6.45) is -2.17. The van der Waals surface area contributed by atoms with Crippen molar-refractivity contribution >= 4 is 62.7 Å². The van der Waals surface area contributed by atoms with Crippen LogP contribution in [0.5, 0.6) is 0 Å². The van der Waals surface area contributed by atoms with Gasteiger partial charge in [0.2, 0.25) is 0 Å². The van der Waals surface area contributed by atoms with Crippen molar-refractivity contribution in [2.24, 2.45) is 5.14 Å². The number of imide groups is 1. The topological polar surface area (TPSA) is 145 Å². The number of benzene rings is 2. The summed E-state index contributed by atoms with van der Waals surface area (Å²) >= 11 is 6.37. The van der Waals surface area contributed by atoms with Crippen LogP contribution in [0.15, 0.2) is 41.3 Å². The van der Waals surface area contributed by atoms with Crippen LogP contribution in [0.3, 0.4) is 0 Å². The van der Waals surface area contributed by atoms with E-state index in [0.717, 1.165) is 17.2 Å². The molecular weight excluding hydrogens is 543 g/mol. The Kier molecular flexibility index (Phi) is 8.46. The van der Waals surface area contributed by atoms with Crippen molar-refractivity contribution in [2.45, 2.75) is 12.7 Å². The van der Waals surface area contributed by atoms with Gasteiger partial charge in [0.05, 0.1) is 10.5 Å². The van der Waals surface area contributed by atoms with Crippen molar-refractivity contribution < 1.29 is 31.2 Å². The standard InChI is InChI=1S/C21H19ClF3N5O4S2/c22-15-3-2-13(16(9-15)21(23,24)25)11-28-17-4-1-12(7-14(17)10-26)8-18-19(31)30(20(32)35-18)6-5-29-36(27,33)34/h1-4,7-10,26,28-29H,5-6,11H2,(H2,27,33,34)/b18-8-,26-10?. The minimum atomic E-state index is -4.59. The maximum absolute atomic E-state index is 13.3. The number of nitrogens with zero attached hydrogens (tertiary/aromatic N) is 1. The van der Waals surface area contributed by atoms with E-state index in [1.807, 2.05) is 4.72 Å². The highest BCUT2D eigenvalue weighted by atomic mass is 35.5. The van der Waals surface area contributed by atoms with Gasteiger partial charge in [-0.05, 0) is 53.2 Å². The first kappa shape index (κ1) is 27.7. The third kappa shape index (κ3) is 7.07. The molecule has 0 radical (unpaired) electrons. The maximum atomic E-state index is 13.3. The highest BCUT2D eigenvalue weighted by Crippen LogP contribution is 2.35. The van der Waals surface area contributed by atoms with Gasteiger partial charge in [-0.15, -0.1) is 0 Å². The lowest BCUT2D eigenvalue weighted by Gasteiger charge is -2.15. The molecule has 1 heterocycles. The molecule has 15 heteroatoms.